The first-order valence-electron chi connectivity index (χ1n) is 8.22. The van der Waals surface area contributed by atoms with E-state index in [9.17, 15) is 0 Å². The number of morpholine rings is 1. The van der Waals surface area contributed by atoms with Gasteiger partial charge in [0.1, 0.15) is 5.82 Å². The highest BCUT2D eigenvalue weighted by atomic mass is 16.5. The van der Waals surface area contributed by atoms with E-state index >= 15 is 0 Å². The van der Waals surface area contributed by atoms with Crippen LogP contribution in [0.1, 0.15) is 17.6 Å². The fourth-order valence-electron chi connectivity index (χ4n) is 3.05. The first kappa shape index (κ1) is 15.1. The number of nitrogens with zero attached hydrogens (tertiary/aromatic N) is 3. The number of imidazole rings is 1. The van der Waals surface area contributed by atoms with Crippen molar-refractivity contribution in [2.24, 2.45) is 0 Å². The summed E-state index contributed by atoms with van der Waals surface area (Å²) in [6, 6.07) is 16.4. The number of aromatic nitrogens is 3. The van der Waals surface area contributed by atoms with Gasteiger partial charge in [-0.3, -0.25) is 9.88 Å². The van der Waals surface area contributed by atoms with Gasteiger partial charge in [0.15, 0.2) is 0 Å². The minimum atomic E-state index is 0.123. The van der Waals surface area contributed by atoms with Crippen molar-refractivity contribution in [3.8, 4) is 11.3 Å². The molecule has 24 heavy (non-hydrogen) atoms. The molecule has 1 saturated heterocycles. The van der Waals surface area contributed by atoms with Crippen LogP contribution in [0.3, 0.4) is 0 Å². The normalized spacial score (nSPS) is 18.6. The number of H-pyrrole nitrogens is 1. The zero-order chi connectivity index (χ0) is 16.2. The standard InChI is InChI=1S/C19H20N4O/c1-2-6-15(7-3-1)17-12-21-19(22-17)18-14-24-11-10-23(18)13-16-8-4-5-9-20-16/h1-9,12,18H,10-11,13-14H2,(H,21,22). The third kappa shape index (κ3) is 3.22. The molecular weight excluding hydrogens is 300 g/mol. The van der Waals surface area contributed by atoms with Crippen LogP contribution in [0.2, 0.25) is 0 Å². The van der Waals surface area contributed by atoms with Crippen LogP contribution >= 0.6 is 0 Å². The molecule has 5 heteroatoms. The minimum Gasteiger partial charge on any atom is -0.378 e. The van der Waals surface area contributed by atoms with Gasteiger partial charge in [-0.05, 0) is 17.7 Å². The molecule has 3 aromatic rings. The zero-order valence-electron chi connectivity index (χ0n) is 13.4. The molecular formula is C19H20N4O. The molecule has 1 unspecified atom stereocenters. The van der Waals surface area contributed by atoms with Gasteiger partial charge in [-0.1, -0.05) is 36.4 Å². The number of rotatable bonds is 4. The smallest absolute Gasteiger partial charge is 0.126 e. The number of benzene rings is 1. The number of pyridine rings is 1. The Bertz CT molecular complexity index is 772. The zero-order valence-corrected chi connectivity index (χ0v) is 13.4. The van der Waals surface area contributed by atoms with Gasteiger partial charge in [0.05, 0.1) is 36.8 Å². The maximum Gasteiger partial charge on any atom is 0.126 e. The van der Waals surface area contributed by atoms with E-state index < -0.39 is 0 Å². The van der Waals surface area contributed by atoms with E-state index in [1.165, 1.54) is 0 Å². The van der Waals surface area contributed by atoms with Gasteiger partial charge < -0.3 is 9.72 Å². The fraction of sp³-hybridized carbons (Fsp3) is 0.263. The maximum atomic E-state index is 5.70. The van der Waals surface area contributed by atoms with Gasteiger partial charge in [-0.2, -0.15) is 0 Å². The Labute approximate surface area is 141 Å². The molecule has 0 radical (unpaired) electrons. The van der Waals surface area contributed by atoms with E-state index in [0.29, 0.717) is 6.61 Å². The molecule has 3 heterocycles. The Morgan fingerprint density at radius 1 is 1.08 bits per heavy atom. The Balaban J connectivity index is 1.56. The number of ether oxygens (including phenoxy) is 1. The van der Waals surface area contributed by atoms with Gasteiger partial charge >= 0.3 is 0 Å². The lowest BCUT2D eigenvalue weighted by Gasteiger charge is -2.34. The van der Waals surface area contributed by atoms with E-state index in [4.69, 9.17) is 4.74 Å². The molecule has 0 amide bonds. The highest BCUT2D eigenvalue weighted by Gasteiger charge is 2.27. The van der Waals surface area contributed by atoms with Crippen LogP contribution in [0.25, 0.3) is 11.3 Å². The second kappa shape index (κ2) is 6.95. The van der Waals surface area contributed by atoms with Crippen LogP contribution in [0.15, 0.2) is 60.9 Å². The third-order valence-corrected chi connectivity index (χ3v) is 4.33. The summed E-state index contributed by atoms with van der Waals surface area (Å²) in [5, 5.41) is 0. The molecule has 0 saturated carbocycles. The summed E-state index contributed by atoms with van der Waals surface area (Å²) < 4.78 is 5.70. The molecule has 0 spiro atoms. The van der Waals surface area contributed by atoms with E-state index in [-0.39, 0.29) is 6.04 Å². The monoisotopic (exact) mass is 320 g/mol. The van der Waals surface area contributed by atoms with Gasteiger partial charge in [0, 0.05) is 19.3 Å². The van der Waals surface area contributed by atoms with Crippen molar-refractivity contribution >= 4 is 0 Å². The van der Waals surface area contributed by atoms with Crippen LogP contribution in [-0.4, -0.2) is 39.6 Å². The van der Waals surface area contributed by atoms with E-state index in [2.05, 4.69) is 38.1 Å². The number of hydrogen-bond donors (Lipinski definition) is 1. The topological polar surface area (TPSA) is 54.0 Å². The summed E-state index contributed by atoms with van der Waals surface area (Å²) in [6.45, 7) is 3.07. The van der Waals surface area contributed by atoms with Gasteiger partial charge in [-0.25, -0.2) is 4.98 Å². The summed E-state index contributed by atoms with van der Waals surface area (Å²) in [5.41, 5.74) is 3.25. The number of aromatic amines is 1. The van der Waals surface area contributed by atoms with Crippen LogP contribution in [0.4, 0.5) is 0 Å². The molecule has 1 atom stereocenters. The van der Waals surface area contributed by atoms with Gasteiger partial charge in [-0.15, -0.1) is 0 Å². The van der Waals surface area contributed by atoms with Gasteiger partial charge in [0.25, 0.3) is 0 Å². The van der Waals surface area contributed by atoms with E-state index in [1.807, 2.05) is 42.7 Å². The molecule has 1 aliphatic heterocycles. The molecule has 2 aromatic heterocycles. The van der Waals surface area contributed by atoms with Crippen LogP contribution in [0, 0.1) is 0 Å². The first-order valence-corrected chi connectivity index (χ1v) is 8.22. The summed E-state index contributed by atoms with van der Waals surface area (Å²) in [4.78, 5) is 14.9. The average molecular weight is 320 g/mol. The van der Waals surface area contributed by atoms with E-state index in [1.54, 1.807) is 0 Å². The summed E-state index contributed by atoms with van der Waals surface area (Å²) in [5.74, 6) is 0.949. The minimum absolute atomic E-state index is 0.123. The molecule has 0 bridgehead atoms. The van der Waals surface area contributed by atoms with Crippen molar-refractivity contribution in [2.75, 3.05) is 19.8 Å². The third-order valence-electron chi connectivity index (χ3n) is 4.33. The second-order valence-electron chi connectivity index (χ2n) is 5.93. The SMILES string of the molecule is c1ccc(-c2cnc(C3COCCN3Cc3ccccn3)[nH]2)cc1. The van der Waals surface area contributed by atoms with Crippen molar-refractivity contribution in [1.82, 2.24) is 19.9 Å². The lowest BCUT2D eigenvalue weighted by atomic mass is 10.2. The summed E-state index contributed by atoms with van der Waals surface area (Å²) >= 11 is 0. The molecule has 1 aromatic carbocycles. The predicted molar refractivity (Wildman–Crippen MR) is 92.2 cm³/mol. The fourth-order valence-corrected chi connectivity index (χ4v) is 3.05. The average Bonchev–Trinajstić information content (AvgIpc) is 3.14. The number of hydrogen-bond acceptors (Lipinski definition) is 4. The molecule has 1 N–H and O–H groups in total. The van der Waals surface area contributed by atoms with Gasteiger partial charge in [0.2, 0.25) is 0 Å². The quantitative estimate of drug-likeness (QED) is 0.803. The highest BCUT2D eigenvalue weighted by Crippen LogP contribution is 2.26. The highest BCUT2D eigenvalue weighted by molar-refractivity contribution is 5.58. The number of nitrogens with one attached hydrogen (secondary N) is 1. The summed E-state index contributed by atoms with van der Waals surface area (Å²) in [6.07, 6.45) is 3.74. The van der Waals surface area contributed by atoms with E-state index in [0.717, 1.165) is 42.5 Å². The molecule has 122 valence electrons. The Hall–Kier alpha value is -2.50. The molecule has 4 rings (SSSR count). The van der Waals surface area contributed by atoms with Crippen LogP contribution in [0.5, 0.6) is 0 Å². The lowest BCUT2D eigenvalue weighted by Crippen LogP contribution is -2.39. The second-order valence-corrected chi connectivity index (χ2v) is 5.93. The Morgan fingerprint density at radius 3 is 2.79 bits per heavy atom. The van der Waals surface area contributed by atoms with Crippen molar-refractivity contribution in [3.05, 3.63) is 72.4 Å². The van der Waals surface area contributed by atoms with Crippen LogP contribution in [-0.2, 0) is 11.3 Å². The largest absolute Gasteiger partial charge is 0.378 e. The Morgan fingerprint density at radius 2 is 1.96 bits per heavy atom. The first-order chi connectivity index (χ1) is 11.9. The Kier molecular flexibility index (Phi) is 4.36. The summed E-state index contributed by atoms with van der Waals surface area (Å²) in [7, 11) is 0. The predicted octanol–water partition coefficient (Wildman–Crippen LogP) is 3.05. The molecule has 5 nitrogen and oxygen atoms in total. The van der Waals surface area contributed by atoms with Crippen LogP contribution < -0.4 is 0 Å². The van der Waals surface area contributed by atoms with Crippen molar-refractivity contribution in [3.63, 3.8) is 0 Å². The van der Waals surface area contributed by atoms with Crippen molar-refractivity contribution < 1.29 is 4.74 Å². The molecule has 1 fully saturated rings. The molecule has 0 aliphatic carbocycles. The van der Waals surface area contributed by atoms with Crippen molar-refractivity contribution in [1.29, 1.82) is 0 Å². The maximum absolute atomic E-state index is 5.70. The lowest BCUT2D eigenvalue weighted by molar-refractivity contribution is -0.0161. The van der Waals surface area contributed by atoms with Crippen molar-refractivity contribution in [2.45, 2.75) is 12.6 Å². The molecule has 1 aliphatic rings.